The zero-order chi connectivity index (χ0) is 16.6. The lowest BCUT2D eigenvalue weighted by molar-refractivity contribution is -0.116. The lowest BCUT2D eigenvalue weighted by atomic mass is 10.1. The van der Waals surface area contributed by atoms with Crippen LogP contribution in [-0.2, 0) is 4.79 Å². The molecule has 1 aromatic heterocycles. The SMILES string of the molecule is COc1cc(F)c(C2=NN(c3cccc(Cl)n3)C(=O)C2)c(F)c1. The highest BCUT2D eigenvalue weighted by Gasteiger charge is 2.30. The summed E-state index contributed by atoms with van der Waals surface area (Å²) in [5.74, 6) is -1.93. The van der Waals surface area contributed by atoms with Crippen LogP contribution in [0, 0.1) is 11.6 Å². The number of aromatic nitrogens is 1. The fraction of sp³-hybridized carbons (Fsp3) is 0.133. The lowest BCUT2D eigenvalue weighted by Crippen LogP contribution is -2.20. The van der Waals surface area contributed by atoms with Crippen molar-refractivity contribution in [1.82, 2.24) is 4.98 Å². The van der Waals surface area contributed by atoms with E-state index < -0.39 is 17.5 Å². The lowest BCUT2D eigenvalue weighted by Gasteiger charge is -2.10. The van der Waals surface area contributed by atoms with Crippen LogP contribution in [0.15, 0.2) is 35.4 Å². The van der Waals surface area contributed by atoms with E-state index in [1.807, 2.05) is 0 Å². The van der Waals surface area contributed by atoms with E-state index in [0.717, 1.165) is 17.1 Å². The van der Waals surface area contributed by atoms with Gasteiger partial charge in [-0.15, -0.1) is 0 Å². The number of benzene rings is 1. The number of halogens is 3. The molecule has 0 unspecified atom stereocenters. The minimum absolute atomic E-state index is 0.0190. The molecule has 2 aromatic rings. The van der Waals surface area contributed by atoms with Gasteiger partial charge in [0, 0.05) is 12.1 Å². The molecule has 1 aliphatic heterocycles. The van der Waals surface area contributed by atoms with Gasteiger partial charge >= 0.3 is 0 Å². The van der Waals surface area contributed by atoms with Crippen molar-refractivity contribution >= 4 is 29.0 Å². The van der Waals surface area contributed by atoms with E-state index in [1.165, 1.54) is 13.2 Å². The number of anilines is 1. The average Bonchev–Trinajstić information content (AvgIpc) is 2.88. The Bertz CT molecular complexity index is 803. The topological polar surface area (TPSA) is 54.8 Å². The van der Waals surface area contributed by atoms with E-state index in [9.17, 15) is 13.6 Å². The van der Waals surface area contributed by atoms with Crippen LogP contribution in [0.2, 0.25) is 5.15 Å². The predicted octanol–water partition coefficient (Wildman–Crippen LogP) is 3.16. The van der Waals surface area contributed by atoms with Crippen molar-refractivity contribution in [1.29, 1.82) is 0 Å². The molecule has 0 saturated heterocycles. The second kappa shape index (κ2) is 5.92. The number of pyridine rings is 1. The van der Waals surface area contributed by atoms with Crippen LogP contribution in [-0.4, -0.2) is 23.7 Å². The highest BCUT2D eigenvalue weighted by molar-refractivity contribution is 6.29. The molecular weight excluding hydrogens is 328 g/mol. The summed E-state index contributed by atoms with van der Waals surface area (Å²) in [7, 11) is 1.30. The minimum atomic E-state index is -0.852. The first-order valence-electron chi connectivity index (χ1n) is 6.56. The van der Waals surface area contributed by atoms with Crippen LogP contribution in [0.1, 0.15) is 12.0 Å². The van der Waals surface area contributed by atoms with Crippen LogP contribution in [0.3, 0.4) is 0 Å². The zero-order valence-corrected chi connectivity index (χ0v) is 12.6. The third-order valence-corrected chi connectivity index (χ3v) is 3.44. The summed E-state index contributed by atoms with van der Waals surface area (Å²) in [6.45, 7) is 0. The molecule has 0 atom stereocenters. The number of ether oxygens (including phenoxy) is 1. The molecule has 0 fully saturated rings. The molecule has 0 saturated carbocycles. The van der Waals surface area contributed by atoms with Gasteiger partial charge in [-0.05, 0) is 12.1 Å². The molecule has 1 aromatic carbocycles. The summed E-state index contributed by atoms with van der Waals surface area (Å²) >= 11 is 5.78. The fourth-order valence-electron chi connectivity index (χ4n) is 2.21. The fourth-order valence-corrected chi connectivity index (χ4v) is 2.37. The number of methoxy groups -OCH3 is 1. The van der Waals surface area contributed by atoms with Crippen LogP contribution in [0.4, 0.5) is 14.6 Å². The largest absolute Gasteiger partial charge is 0.497 e. The zero-order valence-electron chi connectivity index (χ0n) is 11.9. The van der Waals surface area contributed by atoms with E-state index in [2.05, 4.69) is 10.1 Å². The van der Waals surface area contributed by atoms with Gasteiger partial charge in [0.25, 0.3) is 5.91 Å². The highest BCUT2D eigenvalue weighted by Crippen LogP contribution is 2.27. The molecule has 8 heteroatoms. The number of rotatable bonds is 3. The van der Waals surface area contributed by atoms with Crippen molar-refractivity contribution in [2.45, 2.75) is 6.42 Å². The number of hydrogen-bond acceptors (Lipinski definition) is 4. The second-order valence-electron chi connectivity index (χ2n) is 4.71. The Hall–Kier alpha value is -2.54. The Labute approximate surface area is 135 Å². The van der Waals surface area contributed by atoms with Crippen LogP contribution >= 0.6 is 11.6 Å². The molecule has 0 radical (unpaired) electrons. The summed E-state index contributed by atoms with van der Waals surface area (Å²) in [5.41, 5.74) is -0.377. The van der Waals surface area contributed by atoms with Crippen LogP contribution in [0.5, 0.6) is 5.75 Å². The van der Waals surface area contributed by atoms with E-state index in [0.29, 0.717) is 0 Å². The number of hydrogen-bond donors (Lipinski definition) is 0. The van der Waals surface area contributed by atoms with Crippen molar-refractivity contribution in [2.75, 3.05) is 12.1 Å². The molecule has 5 nitrogen and oxygen atoms in total. The first-order valence-corrected chi connectivity index (χ1v) is 6.94. The summed E-state index contributed by atoms with van der Waals surface area (Å²) in [5, 5.41) is 5.14. The Kier molecular flexibility index (Phi) is 3.96. The van der Waals surface area contributed by atoms with Gasteiger partial charge in [0.1, 0.15) is 22.5 Å². The maximum Gasteiger partial charge on any atom is 0.254 e. The molecular formula is C15H10ClF2N3O2. The molecule has 0 spiro atoms. The van der Waals surface area contributed by atoms with Gasteiger partial charge in [0.05, 0.1) is 24.8 Å². The van der Waals surface area contributed by atoms with E-state index in [-0.39, 0.29) is 34.4 Å². The number of carbonyl (C=O) groups excluding carboxylic acids is 1. The molecule has 3 rings (SSSR count). The molecule has 118 valence electrons. The summed E-state index contributed by atoms with van der Waals surface area (Å²) < 4.78 is 33.0. The van der Waals surface area contributed by atoms with Gasteiger partial charge < -0.3 is 4.74 Å². The molecule has 0 N–H and O–H groups in total. The Morgan fingerprint density at radius 3 is 2.57 bits per heavy atom. The van der Waals surface area contributed by atoms with Crippen molar-refractivity contribution in [3.8, 4) is 5.75 Å². The van der Waals surface area contributed by atoms with E-state index in [1.54, 1.807) is 12.1 Å². The van der Waals surface area contributed by atoms with Gasteiger partial charge in [0.15, 0.2) is 5.82 Å². The first kappa shape index (κ1) is 15.4. The number of hydrazone groups is 1. The third kappa shape index (κ3) is 2.87. The van der Waals surface area contributed by atoms with Crippen LogP contribution < -0.4 is 9.75 Å². The maximum absolute atomic E-state index is 14.1. The molecule has 2 heterocycles. The normalized spacial score (nSPS) is 14.2. The average molecular weight is 338 g/mol. The maximum atomic E-state index is 14.1. The van der Waals surface area contributed by atoms with Crippen LogP contribution in [0.25, 0.3) is 0 Å². The standard InChI is InChI=1S/C15H10ClF2N3O2/c1-23-8-5-9(17)15(10(18)6-8)11-7-14(22)21(20-11)13-4-2-3-12(16)19-13/h2-6H,7H2,1H3. The van der Waals surface area contributed by atoms with Crippen molar-refractivity contribution < 1.29 is 18.3 Å². The van der Waals surface area contributed by atoms with E-state index in [4.69, 9.17) is 16.3 Å². The van der Waals surface area contributed by atoms with E-state index >= 15 is 0 Å². The van der Waals surface area contributed by atoms with Gasteiger partial charge in [-0.2, -0.15) is 10.1 Å². The molecule has 23 heavy (non-hydrogen) atoms. The monoisotopic (exact) mass is 337 g/mol. The smallest absolute Gasteiger partial charge is 0.254 e. The van der Waals surface area contributed by atoms with Crippen molar-refractivity contribution in [2.24, 2.45) is 5.10 Å². The first-order chi connectivity index (χ1) is 11.0. The summed E-state index contributed by atoms with van der Waals surface area (Å²) in [6.07, 6.45) is -0.242. The number of carbonyl (C=O) groups is 1. The molecule has 0 bridgehead atoms. The van der Waals surface area contributed by atoms with Gasteiger partial charge in [-0.1, -0.05) is 17.7 Å². The van der Waals surface area contributed by atoms with Crippen molar-refractivity contribution in [3.63, 3.8) is 0 Å². The molecule has 1 aliphatic rings. The Balaban J connectivity index is 2.02. The second-order valence-corrected chi connectivity index (χ2v) is 5.10. The summed E-state index contributed by atoms with van der Waals surface area (Å²) in [4.78, 5) is 16.0. The number of amides is 1. The Morgan fingerprint density at radius 2 is 1.96 bits per heavy atom. The third-order valence-electron chi connectivity index (χ3n) is 3.23. The van der Waals surface area contributed by atoms with Crippen molar-refractivity contribution in [3.05, 3.63) is 52.7 Å². The van der Waals surface area contributed by atoms with Gasteiger partial charge in [0.2, 0.25) is 0 Å². The summed E-state index contributed by atoms with van der Waals surface area (Å²) in [6, 6.07) is 6.73. The predicted molar refractivity (Wildman–Crippen MR) is 80.8 cm³/mol. The van der Waals surface area contributed by atoms with Gasteiger partial charge in [-0.3, -0.25) is 4.79 Å². The van der Waals surface area contributed by atoms with Gasteiger partial charge in [-0.25, -0.2) is 13.8 Å². The minimum Gasteiger partial charge on any atom is -0.497 e. The number of nitrogens with zero attached hydrogens (tertiary/aromatic N) is 3. The molecule has 0 aliphatic carbocycles. The Morgan fingerprint density at radius 1 is 1.26 bits per heavy atom. The quantitative estimate of drug-likeness (QED) is 0.808. The molecule has 1 amide bonds. The highest BCUT2D eigenvalue weighted by atomic mass is 35.5.